The van der Waals surface area contributed by atoms with E-state index in [0.717, 1.165) is 24.8 Å². The summed E-state index contributed by atoms with van der Waals surface area (Å²) in [5.74, 6) is 0.586. The van der Waals surface area contributed by atoms with Crippen LogP contribution in [0.4, 0.5) is 4.79 Å². The van der Waals surface area contributed by atoms with Crippen LogP contribution in [-0.2, 0) is 11.2 Å². The molecule has 0 aliphatic carbocycles. The van der Waals surface area contributed by atoms with Gasteiger partial charge in [-0.3, -0.25) is 0 Å². The Balaban J connectivity index is 1.52. The van der Waals surface area contributed by atoms with Gasteiger partial charge >= 0.3 is 6.09 Å². The zero-order chi connectivity index (χ0) is 19.3. The molecule has 5 heteroatoms. The highest BCUT2D eigenvalue weighted by Crippen LogP contribution is 2.22. The topological polar surface area (TPSA) is 51.7 Å². The molecule has 1 fully saturated rings. The third kappa shape index (κ3) is 5.71. The van der Waals surface area contributed by atoms with Gasteiger partial charge in [0.2, 0.25) is 5.88 Å². The minimum Gasteiger partial charge on any atom is -0.475 e. The van der Waals surface area contributed by atoms with E-state index in [1.54, 1.807) is 4.90 Å². The third-order valence-corrected chi connectivity index (χ3v) is 4.48. The molecule has 1 aromatic carbocycles. The molecule has 0 N–H and O–H groups in total. The van der Waals surface area contributed by atoms with Crippen LogP contribution in [0.5, 0.6) is 5.88 Å². The molecular weight excluding hydrogens is 340 g/mol. The number of aromatic nitrogens is 1. The number of amides is 1. The highest BCUT2D eigenvalue weighted by molar-refractivity contribution is 5.69. The van der Waals surface area contributed by atoms with Crippen LogP contribution in [0.25, 0.3) is 0 Å². The number of benzene rings is 1. The van der Waals surface area contributed by atoms with Gasteiger partial charge in [-0.2, -0.15) is 0 Å². The molecule has 1 unspecified atom stereocenters. The van der Waals surface area contributed by atoms with Crippen molar-refractivity contribution in [3.63, 3.8) is 0 Å². The molecule has 1 aromatic heterocycles. The van der Waals surface area contributed by atoms with Crippen molar-refractivity contribution < 1.29 is 14.3 Å². The first-order chi connectivity index (χ1) is 12.9. The molecule has 1 saturated heterocycles. The van der Waals surface area contributed by atoms with Gasteiger partial charge in [0.15, 0.2) is 0 Å². The summed E-state index contributed by atoms with van der Waals surface area (Å²) < 4.78 is 11.3. The fraction of sp³-hybridized carbons (Fsp3) is 0.455. The van der Waals surface area contributed by atoms with Gasteiger partial charge in [-0.1, -0.05) is 36.4 Å². The maximum atomic E-state index is 12.3. The molecule has 2 aromatic rings. The monoisotopic (exact) mass is 368 g/mol. The summed E-state index contributed by atoms with van der Waals surface area (Å²) >= 11 is 0. The number of nitrogens with zero attached hydrogens (tertiary/aromatic N) is 2. The molecule has 2 heterocycles. The van der Waals surface area contributed by atoms with Gasteiger partial charge in [-0.25, -0.2) is 9.78 Å². The number of pyridine rings is 1. The van der Waals surface area contributed by atoms with Crippen molar-refractivity contribution in [3.8, 4) is 5.88 Å². The summed E-state index contributed by atoms with van der Waals surface area (Å²) in [5.41, 5.74) is 1.91. The fourth-order valence-electron chi connectivity index (χ4n) is 3.18. The molecule has 3 rings (SSSR count). The minimum absolute atomic E-state index is 0.0330. The Morgan fingerprint density at radius 3 is 2.59 bits per heavy atom. The minimum atomic E-state index is -0.485. The highest BCUT2D eigenvalue weighted by atomic mass is 16.6. The van der Waals surface area contributed by atoms with Crippen LogP contribution < -0.4 is 4.74 Å². The van der Waals surface area contributed by atoms with Gasteiger partial charge in [0.05, 0.1) is 6.04 Å². The molecule has 0 spiro atoms. The van der Waals surface area contributed by atoms with Gasteiger partial charge in [0, 0.05) is 18.8 Å². The van der Waals surface area contributed by atoms with Crippen LogP contribution in [0.1, 0.15) is 44.7 Å². The zero-order valence-electron chi connectivity index (χ0n) is 16.4. The molecule has 1 aliphatic rings. The van der Waals surface area contributed by atoms with Crippen LogP contribution in [0.15, 0.2) is 48.7 Å². The first kappa shape index (κ1) is 19.2. The third-order valence-electron chi connectivity index (χ3n) is 4.48. The summed E-state index contributed by atoms with van der Waals surface area (Å²) in [6.07, 6.45) is 4.33. The van der Waals surface area contributed by atoms with Crippen molar-refractivity contribution in [1.29, 1.82) is 0 Å². The normalized spacial score (nSPS) is 17.0. The Labute approximate surface area is 161 Å². The van der Waals surface area contributed by atoms with Gasteiger partial charge in [0.25, 0.3) is 0 Å². The predicted molar refractivity (Wildman–Crippen MR) is 105 cm³/mol. The van der Waals surface area contributed by atoms with E-state index in [4.69, 9.17) is 9.47 Å². The number of likely N-dealkylation sites (tertiary alicyclic amines) is 1. The smallest absolute Gasteiger partial charge is 0.410 e. The average molecular weight is 368 g/mol. The Hall–Kier alpha value is -2.56. The van der Waals surface area contributed by atoms with Crippen LogP contribution in [0.3, 0.4) is 0 Å². The van der Waals surface area contributed by atoms with E-state index in [9.17, 15) is 4.79 Å². The fourth-order valence-corrected chi connectivity index (χ4v) is 3.18. The van der Waals surface area contributed by atoms with E-state index < -0.39 is 5.60 Å². The van der Waals surface area contributed by atoms with Crippen LogP contribution >= 0.6 is 0 Å². The Morgan fingerprint density at radius 1 is 1.15 bits per heavy atom. The number of hydrogen-bond acceptors (Lipinski definition) is 4. The van der Waals surface area contributed by atoms with Crippen molar-refractivity contribution in [2.75, 3.05) is 13.2 Å². The Kier molecular flexibility index (Phi) is 5.99. The largest absolute Gasteiger partial charge is 0.475 e. The van der Waals surface area contributed by atoms with Gasteiger partial charge < -0.3 is 14.4 Å². The predicted octanol–water partition coefficient (Wildman–Crippen LogP) is 4.45. The second-order valence-electron chi connectivity index (χ2n) is 7.95. The van der Waals surface area contributed by atoms with Crippen LogP contribution in [0.2, 0.25) is 0 Å². The first-order valence-corrected chi connectivity index (χ1v) is 9.52. The zero-order valence-corrected chi connectivity index (χ0v) is 16.4. The van der Waals surface area contributed by atoms with E-state index in [2.05, 4.69) is 17.1 Å². The average Bonchev–Trinajstić information content (AvgIpc) is 3.09. The molecule has 0 saturated carbocycles. The summed E-state index contributed by atoms with van der Waals surface area (Å²) in [4.78, 5) is 18.5. The lowest BCUT2D eigenvalue weighted by molar-refractivity contribution is 0.0186. The highest BCUT2D eigenvalue weighted by Gasteiger charge is 2.32. The van der Waals surface area contributed by atoms with Crippen molar-refractivity contribution in [1.82, 2.24) is 9.88 Å². The lowest BCUT2D eigenvalue weighted by Gasteiger charge is -2.28. The second kappa shape index (κ2) is 8.42. The first-order valence-electron chi connectivity index (χ1n) is 9.52. The molecule has 27 heavy (non-hydrogen) atoms. The molecule has 1 amide bonds. The molecular formula is C22H28N2O3. The molecule has 1 aliphatic heterocycles. The van der Waals surface area contributed by atoms with Crippen LogP contribution in [0, 0.1) is 0 Å². The standard InChI is InChI=1S/C22H28N2O3/c1-22(2,3)27-21(25)24-13-7-10-19(24)16-26-20-12-11-18(15-23-20)14-17-8-5-4-6-9-17/h4-6,8-9,11-12,15,19H,7,10,13-14,16H2,1-3H3. The van der Waals surface area contributed by atoms with E-state index in [1.807, 2.05) is 57.3 Å². The molecule has 1 atom stereocenters. The molecule has 0 radical (unpaired) electrons. The number of carbonyl (C=O) groups is 1. The number of ether oxygens (including phenoxy) is 2. The van der Waals surface area contributed by atoms with Crippen LogP contribution in [-0.4, -0.2) is 40.8 Å². The molecule has 0 bridgehead atoms. The Bertz CT molecular complexity index is 738. The number of hydrogen-bond donors (Lipinski definition) is 0. The van der Waals surface area contributed by atoms with E-state index in [-0.39, 0.29) is 12.1 Å². The molecule has 5 nitrogen and oxygen atoms in total. The second-order valence-corrected chi connectivity index (χ2v) is 7.95. The summed E-state index contributed by atoms with van der Waals surface area (Å²) in [5, 5.41) is 0. The summed E-state index contributed by atoms with van der Waals surface area (Å²) in [6.45, 7) is 6.80. The summed E-state index contributed by atoms with van der Waals surface area (Å²) in [7, 11) is 0. The number of carbonyl (C=O) groups excluding carboxylic acids is 1. The lowest BCUT2D eigenvalue weighted by atomic mass is 10.1. The lowest BCUT2D eigenvalue weighted by Crippen LogP contribution is -2.42. The maximum absolute atomic E-state index is 12.3. The van der Waals surface area contributed by atoms with Crippen molar-refractivity contribution >= 4 is 6.09 Å². The Morgan fingerprint density at radius 2 is 1.93 bits per heavy atom. The summed E-state index contributed by atoms with van der Waals surface area (Å²) in [6, 6.07) is 14.3. The van der Waals surface area contributed by atoms with E-state index in [0.29, 0.717) is 19.0 Å². The van der Waals surface area contributed by atoms with Gasteiger partial charge in [0.1, 0.15) is 12.2 Å². The van der Waals surface area contributed by atoms with E-state index >= 15 is 0 Å². The van der Waals surface area contributed by atoms with Gasteiger partial charge in [-0.05, 0) is 51.2 Å². The van der Waals surface area contributed by atoms with Crippen molar-refractivity contribution in [2.45, 2.75) is 51.7 Å². The van der Waals surface area contributed by atoms with Gasteiger partial charge in [-0.15, -0.1) is 0 Å². The maximum Gasteiger partial charge on any atom is 0.410 e. The van der Waals surface area contributed by atoms with E-state index in [1.165, 1.54) is 5.56 Å². The number of rotatable bonds is 5. The van der Waals surface area contributed by atoms with Crippen molar-refractivity contribution in [3.05, 3.63) is 59.8 Å². The molecule has 144 valence electrons. The quantitative estimate of drug-likeness (QED) is 0.782. The SMILES string of the molecule is CC(C)(C)OC(=O)N1CCCC1COc1ccc(Cc2ccccc2)cn1. The van der Waals surface area contributed by atoms with Crippen molar-refractivity contribution in [2.24, 2.45) is 0 Å².